The van der Waals surface area contributed by atoms with Crippen LogP contribution in [0.2, 0.25) is 5.02 Å². The molecule has 4 nitrogen and oxygen atoms in total. The highest BCUT2D eigenvalue weighted by Gasteiger charge is 2.21. The Hall–Kier alpha value is -1.26. The van der Waals surface area contributed by atoms with Crippen molar-refractivity contribution in [3.63, 3.8) is 0 Å². The van der Waals surface area contributed by atoms with Gasteiger partial charge in [0.1, 0.15) is 5.75 Å². The molecule has 0 aromatic heterocycles. The van der Waals surface area contributed by atoms with Gasteiger partial charge in [-0.1, -0.05) is 24.9 Å². The molecule has 1 aromatic rings. The summed E-state index contributed by atoms with van der Waals surface area (Å²) in [5.41, 5.74) is -0.739. The predicted octanol–water partition coefficient (Wildman–Crippen LogP) is 2.33. The predicted molar refractivity (Wildman–Crippen MR) is 71.0 cm³/mol. The lowest BCUT2D eigenvalue weighted by Crippen LogP contribution is -2.40. The van der Waals surface area contributed by atoms with Crippen molar-refractivity contribution in [1.82, 2.24) is 5.32 Å². The molecule has 5 heteroatoms. The number of carbonyl (C=O) groups is 1. The van der Waals surface area contributed by atoms with Crippen LogP contribution >= 0.6 is 11.6 Å². The Balaban J connectivity index is 2.69. The van der Waals surface area contributed by atoms with Gasteiger partial charge in [-0.2, -0.15) is 0 Å². The molecule has 100 valence electrons. The van der Waals surface area contributed by atoms with Gasteiger partial charge >= 0.3 is 0 Å². The summed E-state index contributed by atoms with van der Waals surface area (Å²) in [7, 11) is 0. The number of phenolic OH excluding ortho intramolecular Hbond substituents is 1. The highest BCUT2D eigenvalue weighted by Crippen LogP contribution is 2.21. The third-order valence-electron chi connectivity index (χ3n) is 2.61. The van der Waals surface area contributed by atoms with E-state index in [0.29, 0.717) is 6.42 Å². The second-order valence-corrected chi connectivity index (χ2v) is 5.00. The molecule has 0 bridgehead atoms. The second kappa shape index (κ2) is 6.07. The Morgan fingerprint density at radius 2 is 2.17 bits per heavy atom. The fourth-order valence-corrected chi connectivity index (χ4v) is 1.88. The Morgan fingerprint density at radius 1 is 1.50 bits per heavy atom. The molecule has 0 radical (unpaired) electrons. The molecular formula is C13H18ClNO3. The first kappa shape index (κ1) is 14.8. The van der Waals surface area contributed by atoms with Crippen LogP contribution in [0, 0.1) is 0 Å². The molecule has 0 saturated heterocycles. The fraction of sp³-hybridized carbons (Fsp3) is 0.462. The maximum absolute atomic E-state index is 11.9. The van der Waals surface area contributed by atoms with Crippen molar-refractivity contribution in [2.24, 2.45) is 0 Å². The van der Waals surface area contributed by atoms with Crippen molar-refractivity contribution < 1.29 is 15.0 Å². The fourth-order valence-electron chi connectivity index (χ4n) is 1.68. The topological polar surface area (TPSA) is 69.6 Å². The number of aliphatic hydroxyl groups is 1. The third kappa shape index (κ3) is 4.20. The summed E-state index contributed by atoms with van der Waals surface area (Å²) in [6, 6.07) is 4.16. The number of phenols is 1. The zero-order chi connectivity index (χ0) is 13.8. The van der Waals surface area contributed by atoms with Crippen LogP contribution in [-0.2, 0) is 0 Å². The first-order valence-corrected chi connectivity index (χ1v) is 6.22. The van der Waals surface area contributed by atoms with Crippen molar-refractivity contribution in [1.29, 1.82) is 0 Å². The van der Waals surface area contributed by atoms with Crippen LogP contribution < -0.4 is 5.32 Å². The van der Waals surface area contributed by atoms with Crippen LogP contribution in [0.4, 0.5) is 0 Å². The summed E-state index contributed by atoms with van der Waals surface area (Å²) in [5.74, 6) is -0.433. The molecule has 0 fully saturated rings. The molecule has 0 saturated carbocycles. The Labute approximate surface area is 112 Å². The van der Waals surface area contributed by atoms with Gasteiger partial charge in [-0.25, -0.2) is 0 Å². The van der Waals surface area contributed by atoms with Crippen LogP contribution in [0.15, 0.2) is 18.2 Å². The van der Waals surface area contributed by atoms with Crippen molar-refractivity contribution in [3.8, 4) is 5.75 Å². The Kier molecular flexibility index (Phi) is 4.99. The average Bonchev–Trinajstić information content (AvgIpc) is 2.29. The Morgan fingerprint density at radius 3 is 2.78 bits per heavy atom. The second-order valence-electron chi connectivity index (χ2n) is 4.59. The van der Waals surface area contributed by atoms with Gasteiger partial charge in [0, 0.05) is 6.54 Å². The minimum absolute atomic E-state index is 0.0233. The standard InChI is InChI=1S/C13H18ClNO3/c1-3-6-13(2,18)8-15-12(17)10-7-9(16)4-5-11(10)14/h4-5,7,16,18H,3,6,8H2,1-2H3,(H,15,17). The van der Waals surface area contributed by atoms with E-state index in [9.17, 15) is 15.0 Å². The number of benzene rings is 1. The quantitative estimate of drug-likeness (QED) is 0.770. The normalized spacial score (nSPS) is 14.0. The zero-order valence-corrected chi connectivity index (χ0v) is 11.3. The average molecular weight is 272 g/mol. The molecule has 3 N–H and O–H groups in total. The third-order valence-corrected chi connectivity index (χ3v) is 2.94. The van der Waals surface area contributed by atoms with Gasteiger partial charge in [-0.3, -0.25) is 4.79 Å². The first-order valence-electron chi connectivity index (χ1n) is 5.85. The molecule has 1 aromatic carbocycles. The highest BCUT2D eigenvalue weighted by atomic mass is 35.5. The SMILES string of the molecule is CCCC(C)(O)CNC(=O)c1cc(O)ccc1Cl. The molecule has 0 aliphatic heterocycles. The van der Waals surface area contributed by atoms with Crippen molar-refractivity contribution in [2.75, 3.05) is 6.54 Å². The van der Waals surface area contributed by atoms with Crippen molar-refractivity contribution in [2.45, 2.75) is 32.3 Å². The van der Waals surface area contributed by atoms with E-state index in [-0.39, 0.29) is 22.9 Å². The number of amides is 1. The molecule has 0 aliphatic rings. The lowest BCUT2D eigenvalue weighted by Gasteiger charge is -2.23. The monoisotopic (exact) mass is 271 g/mol. The summed E-state index contributed by atoms with van der Waals surface area (Å²) < 4.78 is 0. The number of nitrogens with one attached hydrogen (secondary N) is 1. The summed E-state index contributed by atoms with van der Waals surface area (Å²) in [5, 5.41) is 22.1. The van der Waals surface area contributed by atoms with Gasteiger partial charge in [-0.05, 0) is 31.5 Å². The van der Waals surface area contributed by atoms with Crippen LogP contribution in [0.5, 0.6) is 5.75 Å². The lowest BCUT2D eigenvalue weighted by molar-refractivity contribution is 0.0469. The molecule has 1 amide bonds. The van der Waals surface area contributed by atoms with Crippen molar-refractivity contribution >= 4 is 17.5 Å². The highest BCUT2D eigenvalue weighted by molar-refractivity contribution is 6.33. The minimum atomic E-state index is -0.937. The van der Waals surface area contributed by atoms with Gasteiger partial charge in [0.25, 0.3) is 5.91 Å². The number of rotatable bonds is 5. The molecule has 0 heterocycles. The van der Waals surface area contributed by atoms with E-state index in [1.165, 1.54) is 18.2 Å². The van der Waals surface area contributed by atoms with Gasteiger partial charge in [0.05, 0.1) is 16.2 Å². The largest absolute Gasteiger partial charge is 0.508 e. The van der Waals surface area contributed by atoms with E-state index in [4.69, 9.17) is 11.6 Å². The molecular weight excluding hydrogens is 254 g/mol. The van der Waals surface area contributed by atoms with Gasteiger partial charge in [0.15, 0.2) is 0 Å². The number of carbonyl (C=O) groups excluding carboxylic acids is 1. The molecule has 0 spiro atoms. The molecule has 1 atom stereocenters. The van der Waals surface area contributed by atoms with Gasteiger partial charge in [-0.15, -0.1) is 0 Å². The van der Waals surface area contributed by atoms with Crippen LogP contribution in [0.3, 0.4) is 0 Å². The number of halogens is 1. The van der Waals surface area contributed by atoms with Crippen LogP contribution in [0.25, 0.3) is 0 Å². The van der Waals surface area contributed by atoms with Crippen LogP contribution in [-0.4, -0.2) is 28.3 Å². The smallest absolute Gasteiger partial charge is 0.253 e. The van der Waals surface area contributed by atoms with E-state index >= 15 is 0 Å². The summed E-state index contributed by atoms with van der Waals surface area (Å²) in [6.07, 6.45) is 1.43. The lowest BCUT2D eigenvalue weighted by atomic mass is 10.0. The van der Waals surface area contributed by atoms with E-state index < -0.39 is 11.5 Å². The van der Waals surface area contributed by atoms with Gasteiger partial charge < -0.3 is 15.5 Å². The van der Waals surface area contributed by atoms with E-state index in [0.717, 1.165) is 6.42 Å². The maximum atomic E-state index is 11.9. The van der Waals surface area contributed by atoms with E-state index in [1.807, 2.05) is 6.92 Å². The van der Waals surface area contributed by atoms with E-state index in [2.05, 4.69) is 5.32 Å². The maximum Gasteiger partial charge on any atom is 0.253 e. The van der Waals surface area contributed by atoms with E-state index in [1.54, 1.807) is 6.92 Å². The first-order chi connectivity index (χ1) is 8.35. The molecule has 1 rings (SSSR count). The molecule has 1 unspecified atom stereocenters. The van der Waals surface area contributed by atoms with Crippen LogP contribution in [0.1, 0.15) is 37.0 Å². The molecule has 18 heavy (non-hydrogen) atoms. The number of hydrogen-bond donors (Lipinski definition) is 3. The summed E-state index contributed by atoms with van der Waals surface area (Å²) in [4.78, 5) is 11.9. The van der Waals surface area contributed by atoms with Gasteiger partial charge in [0.2, 0.25) is 0 Å². The minimum Gasteiger partial charge on any atom is -0.508 e. The zero-order valence-electron chi connectivity index (χ0n) is 10.5. The Bertz CT molecular complexity index is 432. The summed E-state index contributed by atoms with van der Waals surface area (Å²) in [6.45, 7) is 3.77. The number of aromatic hydroxyl groups is 1. The van der Waals surface area contributed by atoms with Crippen molar-refractivity contribution in [3.05, 3.63) is 28.8 Å². The number of hydrogen-bond acceptors (Lipinski definition) is 3. The summed E-state index contributed by atoms with van der Waals surface area (Å²) >= 11 is 5.87. The molecule has 0 aliphatic carbocycles.